The third-order valence-electron chi connectivity index (χ3n) is 4.93. The molecule has 1 aliphatic rings. The summed E-state index contributed by atoms with van der Waals surface area (Å²) in [7, 11) is 0. The number of nitrogens with zero attached hydrogens (tertiary/aromatic N) is 3. The normalized spacial score (nSPS) is 14.3. The lowest BCUT2D eigenvalue weighted by Gasteiger charge is -2.26. The lowest BCUT2D eigenvalue weighted by Crippen LogP contribution is -2.36. The molecule has 5 rings (SSSR count). The van der Waals surface area contributed by atoms with Crippen molar-refractivity contribution in [3.63, 3.8) is 0 Å². The molecule has 146 valence electrons. The van der Waals surface area contributed by atoms with Gasteiger partial charge in [-0.15, -0.1) is 0 Å². The van der Waals surface area contributed by atoms with Crippen LogP contribution in [-0.4, -0.2) is 36.6 Å². The van der Waals surface area contributed by atoms with Crippen molar-refractivity contribution in [2.75, 3.05) is 31.2 Å². The van der Waals surface area contributed by atoms with Crippen molar-refractivity contribution in [1.82, 2.24) is 10.3 Å². The minimum atomic E-state index is 0.602. The monoisotopic (exact) mass is 451 g/mol. The maximum Gasteiger partial charge on any atom is 0.239 e. The first kappa shape index (κ1) is 18.1. The van der Waals surface area contributed by atoms with Gasteiger partial charge in [0, 0.05) is 24.2 Å². The van der Waals surface area contributed by atoms with Crippen molar-refractivity contribution in [3.8, 4) is 33.8 Å². The number of rotatable bonds is 4. The second-order valence-corrected chi connectivity index (χ2v) is 7.51. The van der Waals surface area contributed by atoms with Gasteiger partial charge in [0.15, 0.2) is 5.76 Å². The number of anilines is 1. The standard InChI is InChI=1S/C22H18BrN3O3/c23-18-20(16-9-5-2-6-10-16)25-28-21(18)17-19(15-7-3-1-4-8-15)24-29-22(17)26-11-13-27-14-12-26/h1-10H,11-14H2. The third-order valence-corrected chi connectivity index (χ3v) is 5.67. The molecule has 1 aliphatic heterocycles. The lowest BCUT2D eigenvalue weighted by molar-refractivity contribution is 0.120. The second-order valence-electron chi connectivity index (χ2n) is 6.72. The van der Waals surface area contributed by atoms with Crippen LogP contribution in [0.1, 0.15) is 0 Å². The summed E-state index contributed by atoms with van der Waals surface area (Å²) in [5.41, 5.74) is 4.19. The first-order chi connectivity index (χ1) is 14.3. The number of halogens is 1. The summed E-state index contributed by atoms with van der Waals surface area (Å²) in [5.74, 6) is 1.27. The van der Waals surface area contributed by atoms with E-state index in [1.54, 1.807) is 0 Å². The van der Waals surface area contributed by atoms with Gasteiger partial charge in [-0.1, -0.05) is 71.0 Å². The Morgan fingerprint density at radius 3 is 2.00 bits per heavy atom. The quantitative estimate of drug-likeness (QED) is 0.421. The molecule has 3 heterocycles. The van der Waals surface area contributed by atoms with E-state index in [0.29, 0.717) is 24.9 Å². The van der Waals surface area contributed by atoms with Crippen molar-refractivity contribution in [2.24, 2.45) is 0 Å². The summed E-state index contributed by atoms with van der Waals surface area (Å²) < 4.78 is 17.9. The van der Waals surface area contributed by atoms with Gasteiger partial charge in [0.05, 0.1) is 17.7 Å². The molecule has 29 heavy (non-hydrogen) atoms. The van der Waals surface area contributed by atoms with Gasteiger partial charge < -0.3 is 18.7 Å². The number of morpholine rings is 1. The van der Waals surface area contributed by atoms with E-state index in [1.165, 1.54) is 0 Å². The van der Waals surface area contributed by atoms with E-state index in [4.69, 9.17) is 13.8 Å². The highest BCUT2D eigenvalue weighted by atomic mass is 79.9. The molecular formula is C22H18BrN3O3. The molecule has 0 unspecified atom stereocenters. The first-order valence-corrected chi connectivity index (χ1v) is 10.2. The SMILES string of the molecule is Brc1c(-c2ccccc2)noc1-c1c(-c2ccccc2)noc1N1CCOCC1. The molecule has 1 fully saturated rings. The molecule has 2 aromatic carbocycles. The van der Waals surface area contributed by atoms with Crippen molar-refractivity contribution in [3.05, 3.63) is 65.1 Å². The molecule has 0 saturated carbocycles. The van der Waals surface area contributed by atoms with Crippen molar-refractivity contribution in [1.29, 1.82) is 0 Å². The number of hydrogen-bond donors (Lipinski definition) is 0. The maximum atomic E-state index is 5.83. The summed E-state index contributed by atoms with van der Waals surface area (Å²) in [6, 6.07) is 19.9. The predicted molar refractivity (Wildman–Crippen MR) is 114 cm³/mol. The third kappa shape index (κ3) is 3.36. The van der Waals surface area contributed by atoms with E-state index in [0.717, 1.165) is 45.6 Å². The topological polar surface area (TPSA) is 64.5 Å². The molecule has 0 aliphatic carbocycles. The Labute approximate surface area is 176 Å². The maximum absolute atomic E-state index is 5.83. The van der Waals surface area contributed by atoms with Crippen LogP contribution in [0.3, 0.4) is 0 Å². The van der Waals surface area contributed by atoms with E-state index in [-0.39, 0.29) is 0 Å². The largest absolute Gasteiger partial charge is 0.378 e. The van der Waals surface area contributed by atoms with E-state index in [1.807, 2.05) is 60.7 Å². The first-order valence-electron chi connectivity index (χ1n) is 9.41. The Morgan fingerprint density at radius 1 is 0.759 bits per heavy atom. The zero-order valence-corrected chi connectivity index (χ0v) is 17.1. The molecule has 4 aromatic rings. The molecular weight excluding hydrogens is 434 g/mol. The highest BCUT2D eigenvalue weighted by molar-refractivity contribution is 9.10. The summed E-state index contributed by atoms with van der Waals surface area (Å²) in [4.78, 5) is 2.13. The van der Waals surface area contributed by atoms with Crippen LogP contribution >= 0.6 is 15.9 Å². The van der Waals surface area contributed by atoms with Crippen LogP contribution in [0, 0.1) is 0 Å². The second kappa shape index (κ2) is 7.85. The molecule has 0 radical (unpaired) electrons. The van der Waals surface area contributed by atoms with Crippen molar-refractivity contribution < 1.29 is 13.8 Å². The van der Waals surface area contributed by atoms with Crippen LogP contribution < -0.4 is 4.90 Å². The molecule has 1 saturated heterocycles. The van der Waals surface area contributed by atoms with Gasteiger partial charge in [-0.25, -0.2) is 0 Å². The highest BCUT2D eigenvalue weighted by Gasteiger charge is 2.30. The summed E-state index contributed by atoms with van der Waals surface area (Å²) in [6.07, 6.45) is 0. The van der Waals surface area contributed by atoms with E-state index < -0.39 is 0 Å². The van der Waals surface area contributed by atoms with Crippen LogP contribution in [0.4, 0.5) is 5.88 Å². The predicted octanol–water partition coefficient (Wildman–Crippen LogP) is 5.26. The molecule has 0 atom stereocenters. The Bertz CT molecular complexity index is 1100. The van der Waals surface area contributed by atoms with Crippen LogP contribution in [0.15, 0.2) is 74.2 Å². The van der Waals surface area contributed by atoms with Gasteiger partial charge in [0.2, 0.25) is 5.88 Å². The van der Waals surface area contributed by atoms with Gasteiger partial charge in [-0.2, -0.15) is 0 Å². The van der Waals surface area contributed by atoms with Gasteiger partial charge in [0.25, 0.3) is 0 Å². The average molecular weight is 452 g/mol. The Hall–Kier alpha value is -2.90. The van der Waals surface area contributed by atoms with Gasteiger partial charge in [-0.05, 0) is 15.9 Å². The highest BCUT2D eigenvalue weighted by Crippen LogP contribution is 2.45. The number of hydrogen-bond acceptors (Lipinski definition) is 6. The van der Waals surface area contributed by atoms with Crippen molar-refractivity contribution >= 4 is 21.8 Å². The van der Waals surface area contributed by atoms with Crippen molar-refractivity contribution in [2.45, 2.75) is 0 Å². The zero-order chi connectivity index (χ0) is 19.6. The fourth-order valence-electron chi connectivity index (χ4n) is 3.47. The lowest BCUT2D eigenvalue weighted by atomic mass is 10.0. The Morgan fingerprint density at radius 2 is 1.34 bits per heavy atom. The average Bonchev–Trinajstić information content (AvgIpc) is 3.39. The molecule has 7 heteroatoms. The molecule has 0 bridgehead atoms. The van der Waals surface area contributed by atoms with E-state index >= 15 is 0 Å². The number of benzene rings is 2. The van der Waals surface area contributed by atoms with Crippen LogP contribution in [-0.2, 0) is 4.74 Å². The van der Waals surface area contributed by atoms with Gasteiger partial charge in [0.1, 0.15) is 17.0 Å². The minimum Gasteiger partial charge on any atom is -0.378 e. The minimum absolute atomic E-state index is 0.602. The summed E-state index contributed by atoms with van der Waals surface area (Å²) in [6.45, 7) is 2.75. The van der Waals surface area contributed by atoms with Gasteiger partial charge >= 0.3 is 0 Å². The summed E-state index contributed by atoms with van der Waals surface area (Å²) in [5, 5.41) is 8.72. The fourth-order valence-corrected chi connectivity index (χ4v) is 4.04. The smallest absolute Gasteiger partial charge is 0.239 e. The Balaban J connectivity index is 1.67. The van der Waals surface area contributed by atoms with Crippen LogP contribution in [0.5, 0.6) is 0 Å². The van der Waals surface area contributed by atoms with Crippen LogP contribution in [0.25, 0.3) is 33.8 Å². The molecule has 2 aromatic heterocycles. The van der Waals surface area contributed by atoms with Gasteiger partial charge in [-0.3, -0.25) is 0 Å². The number of ether oxygens (including phenoxy) is 1. The fraction of sp³-hybridized carbons (Fsp3) is 0.182. The van der Waals surface area contributed by atoms with E-state index in [9.17, 15) is 0 Å². The summed E-state index contributed by atoms with van der Waals surface area (Å²) >= 11 is 3.71. The van der Waals surface area contributed by atoms with E-state index in [2.05, 4.69) is 31.1 Å². The van der Waals surface area contributed by atoms with Crippen LogP contribution in [0.2, 0.25) is 0 Å². The Kier molecular flexibility index (Phi) is 4.91. The molecule has 6 nitrogen and oxygen atoms in total. The molecule has 0 amide bonds. The number of aromatic nitrogens is 2. The molecule has 0 spiro atoms. The molecule has 0 N–H and O–H groups in total. The zero-order valence-electron chi connectivity index (χ0n) is 15.5.